The first kappa shape index (κ1) is 21.2. The minimum Gasteiger partial charge on any atom is -0.443 e. The Morgan fingerprint density at radius 1 is 1.04 bits per heavy atom. The minimum atomic E-state index is -0.945. The molecule has 0 amide bonds. The number of nitrogens with zero attached hydrogens (tertiary/aromatic N) is 1. The summed E-state index contributed by atoms with van der Waals surface area (Å²) in [4.78, 5) is 24.9. The summed E-state index contributed by atoms with van der Waals surface area (Å²) in [5.74, 6) is -0.0544. The number of hydrogen-bond donors (Lipinski definition) is 1. The van der Waals surface area contributed by atoms with Crippen LogP contribution in [0.25, 0.3) is 10.9 Å². The second-order valence-corrected chi connectivity index (χ2v) is 8.94. The van der Waals surface area contributed by atoms with Crippen molar-refractivity contribution in [3.05, 3.63) is 28.2 Å². The normalized spacial score (nSPS) is 12.1. The summed E-state index contributed by atoms with van der Waals surface area (Å²) in [6, 6.07) is 4.90. The lowest BCUT2D eigenvalue weighted by Gasteiger charge is -2.21. The summed E-state index contributed by atoms with van der Waals surface area (Å²) in [5, 5.41) is 10.2. The largest absolute Gasteiger partial charge is 0.515 e. The molecule has 1 N–H and O–H groups in total. The molecule has 148 valence electrons. The first-order chi connectivity index (χ1) is 12.3. The van der Waals surface area contributed by atoms with Crippen LogP contribution in [0.1, 0.15) is 47.1 Å². The molecular formula is C19H24BrNO6. The van der Waals surface area contributed by atoms with E-state index >= 15 is 0 Å². The van der Waals surface area contributed by atoms with Gasteiger partial charge in [-0.25, -0.2) is 14.2 Å². The molecular weight excluding hydrogens is 418 g/mol. The molecule has 0 aliphatic heterocycles. The van der Waals surface area contributed by atoms with E-state index in [1.807, 2.05) is 0 Å². The van der Waals surface area contributed by atoms with Crippen LogP contribution in [0.15, 0.2) is 22.7 Å². The lowest BCUT2D eigenvalue weighted by Crippen LogP contribution is -2.29. The van der Waals surface area contributed by atoms with Gasteiger partial charge in [0.15, 0.2) is 0 Å². The van der Waals surface area contributed by atoms with Crippen molar-refractivity contribution in [3.8, 4) is 5.88 Å². The van der Waals surface area contributed by atoms with Crippen LogP contribution in [0.2, 0.25) is 0 Å². The Labute approximate surface area is 166 Å². The van der Waals surface area contributed by atoms with Gasteiger partial charge in [0.25, 0.3) is 0 Å². The third kappa shape index (κ3) is 5.46. The highest BCUT2D eigenvalue weighted by Crippen LogP contribution is 2.32. The van der Waals surface area contributed by atoms with E-state index in [-0.39, 0.29) is 12.5 Å². The van der Waals surface area contributed by atoms with Gasteiger partial charge in [-0.3, -0.25) is 0 Å². The number of rotatable bonds is 2. The molecule has 0 fully saturated rings. The Hall–Kier alpha value is -2.06. The number of aromatic nitrogens is 1. The zero-order chi connectivity index (χ0) is 20.6. The van der Waals surface area contributed by atoms with Crippen LogP contribution in [-0.4, -0.2) is 33.1 Å². The molecule has 0 spiro atoms. The van der Waals surface area contributed by atoms with Crippen molar-refractivity contribution < 1.29 is 28.9 Å². The number of carbonyl (C=O) groups is 2. The summed E-state index contributed by atoms with van der Waals surface area (Å²) in [6.45, 7) is 10.1. The van der Waals surface area contributed by atoms with Gasteiger partial charge in [-0.15, -0.1) is 0 Å². The fourth-order valence-corrected chi connectivity index (χ4v) is 2.87. The third-order valence-corrected chi connectivity index (χ3v) is 3.72. The van der Waals surface area contributed by atoms with Crippen molar-refractivity contribution in [2.75, 3.05) is 0 Å². The number of ether oxygens (including phenoxy) is 3. The van der Waals surface area contributed by atoms with Gasteiger partial charge < -0.3 is 19.3 Å². The van der Waals surface area contributed by atoms with Gasteiger partial charge in [-0.2, -0.15) is 0 Å². The number of hydrogen-bond acceptors (Lipinski definition) is 6. The molecule has 0 radical (unpaired) electrons. The highest BCUT2D eigenvalue weighted by atomic mass is 79.9. The zero-order valence-corrected chi connectivity index (χ0v) is 17.8. The molecule has 0 aliphatic carbocycles. The zero-order valence-electron chi connectivity index (χ0n) is 16.3. The van der Waals surface area contributed by atoms with Gasteiger partial charge >= 0.3 is 12.2 Å². The van der Waals surface area contributed by atoms with E-state index in [0.717, 1.165) is 4.57 Å². The molecule has 0 aliphatic rings. The van der Waals surface area contributed by atoms with Crippen molar-refractivity contribution in [2.45, 2.75) is 59.4 Å². The summed E-state index contributed by atoms with van der Waals surface area (Å²) < 4.78 is 17.7. The van der Waals surface area contributed by atoms with E-state index in [0.29, 0.717) is 20.9 Å². The first-order valence-corrected chi connectivity index (χ1v) is 9.19. The summed E-state index contributed by atoms with van der Waals surface area (Å²) in [6.07, 6.45) is -1.65. The van der Waals surface area contributed by atoms with Crippen molar-refractivity contribution in [3.63, 3.8) is 0 Å². The summed E-state index contributed by atoms with van der Waals surface area (Å²) >= 11 is 3.36. The number of carbonyl (C=O) groups excluding carboxylic acids is 2. The van der Waals surface area contributed by atoms with Gasteiger partial charge in [0.1, 0.15) is 11.2 Å². The van der Waals surface area contributed by atoms with Crippen LogP contribution in [0, 0.1) is 0 Å². The lowest BCUT2D eigenvalue weighted by atomic mass is 10.1. The molecule has 8 heteroatoms. The lowest BCUT2D eigenvalue weighted by molar-refractivity contribution is 0.0184. The van der Waals surface area contributed by atoms with E-state index in [2.05, 4.69) is 15.9 Å². The van der Waals surface area contributed by atoms with E-state index in [1.165, 1.54) is 6.07 Å². The van der Waals surface area contributed by atoms with Crippen molar-refractivity contribution in [2.24, 2.45) is 0 Å². The molecule has 7 nitrogen and oxygen atoms in total. The fraction of sp³-hybridized carbons (Fsp3) is 0.474. The summed E-state index contributed by atoms with van der Waals surface area (Å²) in [5.41, 5.74) is -0.501. The topological polar surface area (TPSA) is 87.0 Å². The molecule has 0 atom stereocenters. The van der Waals surface area contributed by atoms with Crippen LogP contribution >= 0.6 is 15.9 Å². The van der Waals surface area contributed by atoms with Crippen LogP contribution in [0.4, 0.5) is 9.59 Å². The third-order valence-electron chi connectivity index (χ3n) is 3.26. The molecule has 1 aromatic carbocycles. The molecule has 1 heterocycles. The predicted molar refractivity (Wildman–Crippen MR) is 104 cm³/mol. The van der Waals surface area contributed by atoms with Crippen LogP contribution in [-0.2, 0) is 16.1 Å². The molecule has 27 heavy (non-hydrogen) atoms. The second-order valence-electron chi connectivity index (χ2n) is 8.02. The van der Waals surface area contributed by atoms with Crippen LogP contribution in [0.5, 0.6) is 5.88 Å². The van der Waals surface area contributed by atoms with Gasteiger partial charge in [-0.1, -0.05) is 15.9 Å². The molecule has 2 rings (SSSR count). The smallest absolute Gasteiger partial charge is 0.443 e. The van der Waals surface area contributed by atoms with Crippen LogP contribution in [0.3, 0.4) is 0 Å². The van der Waals surface area contributed by atoms with Crippen molar-refractivity contribution in [1.82, 2.24) is 4.57 Å². The van der Waals surface area contributed by atoms with E-state index < -0.39 is 23.5 Å². The van der Waals surface area contributed by atoms with Gasteiger partial charge in [0, 0.05) is 15.9 Å². The highest BCUT2D eigenvalue weighted by molar-refractivity contribution is 9.10. The average Bonchev–Trinajstić information content (AvgIpc) is 2.79. The predicted octanol–water partition coefficient (Wildman–Crippen LogP) is 4.99. The van der Waals surface area contributed by atoms with Crippen molar-refractivity contribution in [1.29, 1.82) is 0 Å². The van der Waals surface area contributed by atoms with Gasteiger partial charge in [0.05, 0.1) is 12.1 Å². The van der Waals surface area contributed by atoms with Gasteiger partial charge in [-0.05, 0) is 59.2 Å². The summed E-state index contributed by atoms with van der Waals surface area (Å²) in [7, 11) is 0. The maximum absolute atomic E-state index is 12.8. The van der Waals surface area contributed by atoms with Crippen LogP contribution < -0.4 is 4.74 Å². The highest BCUT2D eigenvalue weighted by Gasteiger charge is 2.27. The number of fused-ring (bicyclic) bond motifs is 1. The quantitative estimate of drug-likeness (QED) is 0.660. The minimum absolute atomic E-state index is 0.0544. The number of benzene rings is 1. The van der Waals surface area contributed by atoms with Gasteiger partial charge in [0.2, 0.25) is 5.88 Å². The Morgan fingerprint density at radius 3 is 2.15 bits per heavy atom. The van der Waals surface area contributed by atoms with E-state index in [1.54, 1.807) is 53.7 Å². The van der Waals surface area contributed by atoms with E-state index in [9.17, 15) is 14.7 Å². The molecule has 0 bridgehead atoms. The fourth-order valence-electron chi connectivity index (χ4n) is 2.38. The Bertz CT molecular complexity index is 873. The number of aliphatic hydroxyl groups excluding tert-OH is 1. The molecule has 0 saturated heterocycles. The van der Waals surface area contributed by atoms with E-state index in [4.69, 9.17) is 14.2 Å². The molecule has 0 saturated carbocycles. The maximum atomic E-state index is 12.8. The number of aliphatic hydroxyl groups is 1. The first-order valence-electron chi connectivity index (χ1n) is 8.39. The monoisotopic (exact) mass is 441 g/mol. The number of halogens is 1. The molecule has 1 aromatic heterocycles. The Kier molecular flexibility index (Phi) is 5.91. The second kappa shape index (κ2) is 7.52. The van der Waals surface area contributed by atoms with Crippen molar-refractivity contribution >= 4 is 39.1 Å². The maximum Gasteiger partial charge on any atom is 0.515 e. The molecule has 0 unspecified atom stereocenters. The Morgan fingerprint density at radius 2 is 1.63 bits per heavy atom. The average molecular weight is 442 g/mol. The Balaban J connectivity index is 2.58. The SMILES string of the molecule is CC(C)(C)OC(=O)Oc1cc2c(CO)cc(Br)cc2n1C(=O)OC(C)(C)C. The molecule has 2 aromatic rings. The standard InChI is InChI=1S/C19H24BrNO6/c1-18(2,3)26-16(23)21-14-8-12(20)7-11(10-22)13(14)9-15(21)25-17(24)27-19(4,5)6/h7-9,22H,10H2,1-6H3.